The highest BCUT2D eigenvalue weighted by molar-refractivity contribution is 7.18. The Labute approximate surface area is 109 Å². The number of rotatable bonds is 4. The zero-order valence-electron chi connectivity index (χ0n) is 10.6. The number of hydrogen-bond donors (Lipinski definition) is 1. The number of ether oxygens (including phenoxy) is 1. The zero-order valence-corrected chi connectivity index (χ0v) is 11.4. The molecule has 0 spiro atoms. The molecule has 2 rings (SSSR count). The van der Waals surface area contributed by atoms with Gasteiger partial charge in [-0.15, -0.1) is 11.3 Å². The van der Waals surface area contributed by atoms with E-state index in [0.717, 1.165) is 21.0 Å². The molecule has 4 nitrogen and oxygen atoms in total. The third kappa shape index (κ3) is 2.46. The van der Waals surface area contributed by atoms with Gasteiger partial charge in [0.2, 0.25) is 0 Å². The SMILES string of the molecule is COc1ccc2sc(CC(C)(C)C(=O)O)nc2c1. The molecule has 0 aliphatic carbocycles. The largest absolute Gasteiger partial charge is 0.497 e. The number of aromatic nitrogens is 1. The number of carbonyl (C=O) groups is 1. The Balaban J connectivity index is 2.33. The highest BCUT2D eigenvalue weighted by atomic mass is 32.1. The van der Waals surface area contributed by atoms with Crippen molar-refractivity contribution >= 4 is 27.5 Å². The molecule has 0 saturated carbocycles. The molecule has 1 heterocycles. The van der Waals surface area contributed by atoms with Crippen molar-refractivity contribution in [2.75, 3.05) is 7.11 Å². The van der Waals surface area contributed by atoms with Crippen LogP contribution in [0, 0.1) is 5.41 Å². The average Bonchev–Trinajstić information content (AvgIpc) is 2.68. The lowest BCUT2D eigenvalue weighted by atomic mass is 9.90. The summed E-state index contributed by atoms with van der Waals surface area (Å²) in [6, 6.07) is 5.69. The molecule has 0 radical (unpaired) electrons. The summed E-state index contributed by atoms with van der Waals surface area (Å²) in [5, 5.41) is 9.96. The van der Waals surface area contributed by atoms with Crippen molar-refractivity contribution in [3.05, 3.63) is 23.2 Å². The molecule has 1 aromatic heterocycles. The molecule has 96 valence electrons. The van der Waals surface area contributed by atoms with E-state index < -0.39 is 11.4 Å². The van der Waals surface area contributed by atoms with Crippen LogP contribution in [0.15, 0.2) is 18.2 Å². The van der Waals surface area contributed by atoms with E-state index in [0.29, 0.717) is 6.42 Å². The van der Waals surface area contributed by atoms with Crippen LogP contribution in [0.25, 0.3) is 10.2 Å². The van der Waals surface area contributed by atoms with E-state index in [2.05, 4.69) is 4.98 Å². The quantitative estimate of drug-likeness (QED) is 0.923. The van der Waals surface area contributed by atoms with Crippen LogP contribution < -0.4 is 4.74 Å². The van der Waals surface area contributed by atoms with E-state index in [-0.39, 0.29) is 0 Å². The lowest BCUT2D eigenvalue weighted by Gasteiger charge is -2.16. The summed E-state index contributed by atoms with van der Waals surface area (Å²) in [5.41, 5.74) is 0.0633. The first-order valence-corrected chi connectivity index (χ1v) is 6.41. The van der Waals surface area contributed by atoms with Crippen molar-refractivity contribution in [2.45, 2.75) is 20.3 Å². The molecule has 5 heteroatoms. The van der Waals surface area contributed by atoms with Crippen molar-refractivity contribution in [1.82, 2.24) is 4.98 Å². The highest BCUT2D eigenvalue weighted by Gasteiger charge is 2.28. The molecule has 1 N–H and O–H groups in total. The van der Waals surface area contributed by atoms with Crippen molar-refractivity contribution in [2.24, 2.45) is 5.41 Å². The molecule has 0 fully saturated rings. The van der Waals surface area contributed by atoms with Gasteiger partial charge in [0, 0.05) is 12.5 Å². The number of aliphatic carboxylic acids is 1. The van der Waals surface area contributed by atoms with Crippen LogP contribution in [-0.4, -0.2) is 23.2 Å². The fourth-order valence-corrected chi connectivity index (χ4v) is 2.79. The van der Waals surface area contributed by atoms with Crippen LogP contribution in [0.5, 0.6) is 5.75 Å². The normalized spacial score (nSPS) is 11.7. The first kappa shape index (κ1) is 12.8. The van der Waals surface area contributed by atoms with Crippen molar-refractivity contribution in [1.29, 1.82) is 0 Å². The molecule has 0 bridgehead atoms. The van der Waals surface area contributed by atoms with Gasteiger partial charge < -0.3 is 9.84 Å². The van der Waals surface area contributed by atoms with E-state index >= 15 is 0 Å². The Bertz CT molecular complexity index is 589. The maximum Gasteiger partial charge on any atom is 0.309 e. The fraction of sp³-hybridized carbons (Fsp3) is 0.385. The standard InChI is InChI=1S/C13H15NO3S/c1-13(2,12(15)16)7-11-14-9-6-8(17-3)4-5-10(9)18-11/h4-6H,7H2,1-3H3,(H,15,16). The molecular formula is C13H15NO3S. The van der Waals surface area contributed by atoms with Crippen LogP contribution in [0.1, 0.15) is 18.9 Å². The fourth-order valence-electron chi connectivity index (χ4n) is 1.61. The minimum atomic E-state index is -0.806. The van der Waals surface area contributed by atoms with Crippen LogP contribution in [0.4, 0.5) is 0 Å². The summed E-state index contributed by atoms with van der Waals surface area (Å²) in [6.45, 7) is 3.42. The minimum absolute atomic E-state index is 0.435. The van der Waals surface area contributed by atoms with Gasteiger partial charge in [0.1, 0.15) is 5.75 Å². The summed E-state index contributed by atoms with van der Waals surface area (Å²) in [6.07, 6.45) is 0.435. The number of benzene rings is 1. The number of hydrogen-bond acceptors (Lipinski definition) is 4. The molecule has 0 aliphatic heterocycles. The minimum Gasteiger partial charge on any atom is -0.497 e. The topological polar surface area (TPSA) is 59.4 Å². The smallest absolute Gasteiger partial charge is 0.309 e. The molecule has 2 aromatic rings. The second kappa shape index (κ2) is 4.57. The van der Waals surface area contributed by atoms with Gasteiger partial charge in [0.05, 0.1) is 27.7 Å². The summed E-state index contributed by atoms with van der Waals surface area (Å²) in [7, 11) is 1.61. The monoisotopic (exact) mass is 265 g/mol. The Morgan fingerprint density at radius 1 is 1.50 bits per heavy atom. The van der Waals surface area contributed by atoms with Crippen molar-refractivity contribution in [3.8, 4) is 5.75 Å². The number of carboxylic acid groups (broad SMARTS) is 1. The molecule has 1 aromatic carbocycles. The van der Waals surface area contributed by atoms with Gasteiger partial charge in [0.15, 0.2) is 0 Å². The average molecular weight is 265 g/mol. The van der Waals surface area contributed by atoms with E-state index in [1.54, 1.807) is 21.0 Å². The summed E-state index contributed by atoms with van der Waals surface area (Å²) >= 11 is 1.53. The third-order valence-electron chi connectivity index (χ3n) is 2.81. The van der Waals surface area contributed by atoms with Gasteiger partial charge in [0.25, 0.3) is 0 Å². The highest BCUT2D eigenvalue weighted by Crippen LogP contribution is 2.30. The van der Waals surface area contributed by atoms with Crippen molar-refractivity contribution in [3.63, 3.8) is 0 Å². The lowest BCUT2D eigenvalue weighted by molar-refractivity contribution is -0.146. The summed E-state index contributed by atoms with van der Waals surface area (Å²) in [5.74, 6) is -0.0452. The van der Waals surface area contributed by atoms with Crippen molar-refractivity contribution < 1.29 is 14.6 Å². The van der Waals surface area contributed by atoms with Gasteiger partial charge >= 0.3 is 5.97 Å². The number of thiazole rings is 1. The molecule has 0 aliphatic rings. The van der Waals surface area contributed by atoms with Gasteiger partial charge in [-0.3, -0.25) is 4.79 Å². The summed E-state index contributed by atoms with van der Waals surface area (Å²) < 4.78 is 6.19. The second-order valence-corrected chi connectivity index (χ2v) is 5.92. The van der Waals surface area contributed by atoms with Crippen LogP contribution >= 0.6 is 11.3 Å². The van der Waals surface area contributed by atoms with Gasteiger partial charge in [-0.25, -0.2) is 4.98 Å². The Morgan fingerprint density at radius 3 is 2.83 bits per heavy atom. The molecule has 18 heavy (non-hydrogen) atoms. The number of methoxy groups -OCH3 is 1. The van der Waals surface area contributed by atoms with Gasteiger partial charge in [-0.2, -0.15) is 0 Å². The third-order valence-corrected chi connectivity index (χ3v) is 3.85. The molecule has 0 unspecified atom stereocenters. The number of fused-ring (bicyclic) bond motifs is 1. The van der Waals surface area contributed by atoms with Gasteiger partial charge in [-0.1, -0.05) is 0 Å². The molecule has 0 amide bonds. The Hall–Kier alpha value is -1.62. The van der Waals surface area contributed by atoms with Crippen LogP contribution in [0.2, 0.25) is 0 Å². The maximum absolute atomic E-state index is 11.1. The van der Waals surface area contributed by atoms with E-state index in [9.17, 15) is 4.79 Å². The first-order valence-electron chi connectivity index (χ1n) is 5.59. The maximum atomic E-state index is 11.1. The number of nitrogens with zero attached hydrogens (tertiary/aromatic N) is 1. The van der Waals surface area contributed by atoms with Crippen LogP contribution in [0.3, 0.4) is 0 Å². The van der Waals surface area contributed by atoms with E-state index in [1.807, 2.05) is 18.2 Å². The lowest BCUT2D eigenvalue weighted by Crippen LogP contribution is -2.26. The zero-order chi connectivity index (χ0) is 13.3. The first-order chi connectivity index (χ1) is 8.42. The van der Waals surface area contributed by atoms with Crippen LogP contribution in [-0.2, 0) is 11.2 Å². The number of carboxylic acids is 1. The Kier molecular flexibility index (Phi) is 3.26. The Morgan fingerprint density at radius 2 is 2.22 bits per heavy atom. The predicted molar refractivity (Wildman–Crippen MR) is 71.3 cm³/mol. The van der Waals surface area contributed by atoms with E-state index in [1.165, 1.54) is 11.3 Å². The molecule has 0 atom stereocenters. The second-order valence-electron chi connectivity index (χ2n) is 4.81. The van der Waals surface area contributed by atoms with Gasteiger partial charge in [-0.05, 0) is 26.0 Å². The molecular weight excluding hydrogens is 250 g/mol. The van der Waals surface area contributed by atoms with E-state index in [4.69, 9.17) is 9.84 Å². The predicted octanol–water partition coefficient (Wildman–Crippen LogP) is 2.96. The summed E-state index contributed by atoms with van der Waals surface area (Å²) in [4.78, 5) is 15.6. The molecule has 0 saturated heterocycles.